The van der Waals surface area contributed by atoms with E-state index in [1.54, 1.807) is 0 Å². The molecule has 2 saturated heterocycles. The van der Waals surface area contributed by atoms with Crippen molar-refractivity contribution in [3.63, 3.8) is 0 Å². The topological polar surface area (TPSA) is 70.1 Å². The SMILES string of the molecule is O=C(O)[C@H]1COC2(CCN(Cc3ccccc3)CC2)N1C(=O)c1cc(F)cc(F)c1. The second-order valence-corrected chi connectivity index (χ2v) is 7.71. The van der Waals surface area contributed by atoms with Gasteiger partial charge in [-0.2, -0.15) is 0 Å². The fraction of sp³-hybridized carbons (Fsp3) is 0.364. The van der Waals surface area contributed by atoms with Gasteiger partial charge in [0.25, 0.3) is 5.91 Å². The standard InChI is InChI=1S/C22H22F2N2O4/c23-17-10-16(11-18(24)12-17)20(27)26-19(21(28)29)14-30-22(26)6-8-25(9-7-22)13-15-4-2-1-3-5-15/h1-5,10-12,19H,6-9,13-14H2,(H,28,29)/t19-/m1/s1. The summed E-state index contributed by atoms with van der Waals surface area (Å²) in [7, 11) is 0. The number of amides is 1. The van der Waals surface area contributed by atoms with Gasteiger partial charge in [0.2, 0.25) is 0 Å². The van der Waals surface area contributed by atoms with Gasteiger partial charge in [-0.25, -0.2) is 13.6 Å². The van der Waals surface area contributed by atoms with E-state index in [1.807, 2.05) is 30.3 Å². The quantitative estimate of drug-likeness (QED) is 0.830. The van der Waals surface area contributed by atoms with Gasteiger partial charge in [-0.05, 0) is 17.7 Å². The van der Waals surface area contributed by atoms with Crippen molar-refractivity contribution in [2.24, 2.45) is 0 Å². The van der Waals surface area contributed by atoms with Crippen LogP contribution in [-0.2, 0) is 16.1 Å². The molecule has 2 aromatic carbocycles. The molecule has 2 aliphatic heterocycles. The van der Waals surface area contributed by atoms with E-state index in [0.717, 1.165) is 24.2 Å². The van der Waals surface area contributed by atoms with E-state index in [4.69, 9.17) is 4.74 Å². The van der Waals surface area contributed by atoms with Crippen molar-refractivity contribution >= 4 is 11.9 Å². The maximum absolute atomic E-state index is 13.7. The third-order valence-electron chi connectivity index (χ3n) is 5.76. The van der Waals surface area contributed by atoms with Crippen molar-refractivity contribution in [2.45, 2.75) is 31.2 Å². The van der Waals surface area contributed by atoms with Gasteiger partial charge < -0.3 is 9.84 Å². The molecule has 2 heterocycles. The summed E-state index contributed by atoms with van der Waals surface area (Å²) in [6.45, 7) is 1.78. The van der Waals surface area contributed by atoms with E-state index in [-0.39, 0.29) is 12.2 Å². The molecule has 6 nitrogen and oxygen atoms in total. The molecular formula is C22H22F2N2O4. The van der Waals surface area contributed by atoms with Crippen molar-refractivity contribution in [1.29, 1.82) is 0 Å². The molecule has 1 amide bonds. The molecule has 0 unspecified atom stereocenters. The lowest BCUT2D eigenvalue weighted by atomic mass is 9.96. The lowest BCUT2D eigenvalue weighted by Crippen LogP contribution is -2.58. The molecule has 2 fully saturated rings. The highest BCUT2D eigenvalue weighted by molar-refractivity contribution is 5.97. The highest BCUT2D eigenvalue weighted by Crippen LogP contribution is 2.38. The Labute approximate surface area is 172 Å². The van der Waals surface area contributed by atoms with Gasteiger partial charge in [0.15, 0.2) is 6.04 Å². The van der Waals surface area contributed by atoms with Crippen LogP contribution in [-0.4, -0.2) is 58.2 Å². The molecule has 1 atom stereocenters. The van der Waals surface area contributed by atoms with Gasteiger partial charge in [-0.1, -0.05) is 30.3 Å². The van der Waals surface area contributed by atoms with E-state index < -0.39 is 35.3 Å². The largest absolute Gasteiger partial charge is 0.480 e. The Morgan fingerprint density at radius 3 is 2.30 bits per heavy atom. The summed E-state index contributed by atoms with van der Waals surface area (Å²) >= 11 is 0. The van der Waals surface area contributed by atoms with Crippen LogP contribution in [0.25, 0.3) is 0 Å². The summed E-state index contributed by atoms with van der Waals surface area (Å²) in [5, 5.41) is 9.62. The number of carbonyl (C=O) groups excluding carboxylic acids is 1. The zero-order chi connectivity index (χ0) is 21.3. The predicted molar refractivity (Wildman–Crippen MR) is 104 cm³/mol. The van der Waals surface area contributed by atoms with Crippen LogP contribution in [0.5, 0.6) is 0 Å². The van der Waals surface area contributed by atoms with Crippen LogP contribution in [0, 0.1) is 11.6 Å². The number of aliphatic carboxylic acids is 1. The number of hydrogen-bond acceptors (Lipinski definition) is 4. The van der Waals surface area contributed by atoms with Crippen molar-refractivity contribution in [2.75, 3.05) is 19.7 Å². The lowest BCUT2D eigenvalue weighted by Gasteiger charge is -2.44. The molecule has 158 valence electrons. The van der Waals surface area contributed by atoms with E-state index >= 15 is 0 Å². The fourth-order valence-electron chi connectivity index (χ4n) is 4.27. The Bertz CT molecular complexity index is 925. The lowest BCUT2D eigenvalue weighted by molar-refractivity contribution is -0.144. The summed E-state index contributed by atoms with van der Waals surface area (Å²) < 4.78 is 33.2. The maximum Gasteiger partial charge on any atom is 0.328 e. The van der Waals surface area contributed by atoms with Gasteiger partial charge in [0, 0.05) is 44.1 Å². The smallest absolute Gasteiger partial charge is 0.328 e. The summed E-state index contributed by atoms with van der Waals surface area (Å²) in [5.41, 5.74) is -0.168. The number of benzene rings is 2. The molecule has 1 N–H and O–H groups in total. The Balaban J connectivity index is 1.56. The minimum absolute atomic E-state index is 0.155. The summed E-state index contributed by atoms with van der Waals surface area (Å²) in [6.07, 6.45) is 0.820. The number of likely N-dealkylation sites (tertiary alicyclic amines) is 1. The molecule has 0 aliphatic carbocycles. The second kappa shape index (κ2) is 8.12. The predicted octanol–water partition coefficient (Wildman–Crippen LogP) is 2.88. The first-order chi connectivity index (χ1) is 14.4. The molecule has 2 aromatic rings. The molecule has 0 saturated carbocycles. The van der Waals surface area contributed by atoms with Gasteiger partial charge in [-0.3, -0.25) is 14.6 Å². The summed E-state index contributed by atoms with van der Waals surface area (Å²) in [4.78, 5) is 28.3. The molecular weight excluding hydrogens is 394 g/mol. The molecule has 4 rings (SSSR count). The zero-order valence-corrected chi connectivity index (χ0v) is 16.3. The minimum Gasteiger partial charge on any atom is -0.480 e. The Morgan fingerprint density at radius 1 is 1.07 bits per heavy atom. The average Bonchev–Trinajstić information content (AvgIpc) is 3.08. The van der Waals surface area contributed by atoms with Crippen LogP contribution in [0.4, 0.5) is 8.78 Å². The third-order valence-corrected chi connectivity index (χ3v) is 5.76. The number of carboxylic acids is 1. The molecule has 0 aromatic heterocycles. The van der Waals surface area contributed by atoms with E-state index in [1.165, 1.54) is 4.90 Å². The molecule has 0 bridgehead atoms. The van der Waals surface area contributed by atoms with Crippen LogP contribution in [0.15, 0.2) is 48.5 Å². The summed E-state index contributed by atoms with van der Waals surface area (Å²) in [5.74, 6) is -3.73. The monoisotopic (exact) mass is 416 g/mol. The van der Waals surface area contributed by atoms with Crippen molar-refractivity contribution in [1.82, 2.24) is 9.80 Å². The first kappa shape index (κ1) is 20.4. The van der Waals surface area contributed by atoms with Crippen LogP contribution < -0.4 is 0 Å². The van der Waals surface area contributed by atoms with E-state index in [0.29, 0.717) is 32.0 Å². The molecule has 30 heavy (non-hydrogen) atoms. The van der Waals surface area contributed by atoms with Gasteiger partial charge in [0.05, 0.1) is 6.61 Å². The number of rotatable bonds is 4. The fourth-order valence-corrected chi connectivity index (χ4v) is 4.27. The van der Waals surface area contributed by atoms with Crippen molar-refractivity contribution < 1.29 is 28.2 Å². The molecule has 2 aliphatic rings. The first-order valence-electron chi connectivity index (χ1n) is 9.81. The Kier molecular flexibility index (Phi) is 5.53. The normalized spacial score (nSPS) is 21.1. The van der Waals surface area contributed by atoms with E-state index in [9.17, 15) is 23.5 Å². The van der Waals surface area contributed by atoms with Crippen molar-refractivity contribution in [3.8, 4) is 0 Å². The average molecular weight is 416 g/mol. The maximum atomic E-state index is 13.7. The van der Waals surface area contributed by atoms with Crippen LogP contribution in [0.3, 0.4) is 0 Å². The van der Waals surface area contributed by atoms with Crippen molar-refractivity contribution in [3.05, 3.63) is 71.3 Å². The Morgan fingerprint density at radius 2 is 1.70 bits per heavy atom. The minimum atomic E-state index is -1.20. The number of carboxylic acid groups (broad SMARTS) is 1. The Hall–Kier alpha value is -2.84. The number of halogens is 2. The van der Waals surface area contributed by atoms with Gasteiger partial charge in [-0.15, -0.1) is 0 Å². The van der Waals surface area contributed by atoms with E-state index in [2.05, 4.69) is 4.90 Å². The van der Waals surface area contributed by atoms with Crippen LogP contribution >= 0.6 is 0 Å². The number of nitrogens with zero attached hydrogens (tertiary/aromatic N) is 2. The highest BCUT2D eigenvalue weighted by atomic mass is 19.1. The van der Waals surface area contributed by atoms with Gasteiger partial charge >= 0.3 is 5.97 Å². The van der Waals surface area contributed by atoms with Gasteiger partial charge in [0.1, 0.15) is 17.4 Å². The number of hydrogen-bond donors (Lipinski definition) is 1. The third kappa shape index (κ3) is 3.93. The second-order valence-electron chi connectivity index (χ2n) is 7.71. The molecule has 1 spiro atoms. The number of ether oxygens (including phenoxy) is 1. The summed E-state index contributed by atoms with van der Waals surface area (Å²) in [6, 6.07) is 11.3. The molecule has 8 heteroatoms. The number of carbonyl (C=O) groups is 2. The zero-order valence-electron chi connectivity index (χ0n) is 16.3. The van der Waals surface area contributed by atoms with Crippen LogP contribution in [0.1, 0.15) is 28.8 Å². The molecule has 0 radical (unpaired) electrons. The highest BCUT2D eigenvalue weighted by Gasteiger charge is 2.54. The van der Waals surface area contributed by atoms with Crippen LogP contribution in [0.2, 0.25) is 0 Å². The number of piperidine rings is 1. The first-order valence-corrected chi connectivity index (χ1v) is 9.81.